The zero-order chi connectivity index (χ0) is 24.6. The number of aliphatic imine (C=N–C) groups is 2. The SMILES string of the molecule is CC/C=C1/C(c2cnn(C(CC)CC)c2)=NC(C(C=NCC(N=O)C(C)(C)C)=CN)=CN1C. The Kier molecular flexibility index (Phi) is 9.32. The van der Waals surface area contributed by atoms with Crippen molar-refractivity contribution in [3.05, 3.63) is 58.3 Å². The van der Waals surface area contributed by atoms with E-state index in [0.717, 1.165) is 36.2 Å². The van der Waals surface area contributed by atoms with Gasteiger partial charge in [-0.05, 0) is 24.7 Å². The number of rotatable bonds is 10. The monoisotopic (exact) mass is 453 g/mol. The van der Waals surface area contributed by atoms with Crippen molar-refractivity contribution in [2.75, 3.05) is 13.6 Å². The number of hydrogen-bond donors (Lipinski definition) is 1. The molecule has 0 saturated carbocycles. The lowest BCUT2D eigenvalue weighted by molar-refractivity contribution is 0.327. The van der Waals surface area contributed by atoms with Gasteiger partial charge in [-0.2, -0.15) is 10.0 Å². The lowest BCUT2D eigenvalue weighted by Crippen LogP contribution is -2.27. The molecule has 0 amide bonds. The first-order chi connectivity index (χ1) is 15.7. The van der Waals surface area contributed by atoms with Crippen LogP contribution in [0.4, 0.5) is 0 Å². The molecule has 0 spiro atoms. The van der Waals surface area contributed by atoms with E-state index in [1.807, 2.05) is 44.9 Å². The molecule has 33 heavy (non-hydrogen) atoms. The van der Waals surface area contributed by atoms with Gasteiger partial charge in [-0.3, -0.25) is 9.67 Å². The van der Waals surface area contributed by atoms with Crippen LogP contribution in [0.25, 0.3) is 0 Å². The Morgan fingerprint density at radius 2 is 1.94 bits per heavy atom. The van der Waals surface area contributed by atoms with E-state index in [4.69, 9.17) is 10.7 Å². The molecule has 0 saturated heterocycles. The first kappa shape index (κ1) is 26.2. The standard InChI is InChI=1S/C25H39N7O/c1-8-11-22-24(19-14-28-32(16-19)20(9-2)10-3)29-21(17-31(22)7)18(12-26)13-27-15-23(30-33)25(4,5)6/h11-14,16-17,20,23H,8-10,15,26H2,1-7H3/b18-12?,22-11-,27-13?. The molecule has 1 aliphatic heterocycles. The maximum Gasteiger partial charge on any atom is 0.116 e. The van der Waals surface area contributed by atoms with Crippen LogP contribution in [0.2, 0.25) is 0 Å². The molecule has 8 heteroatoms. The minimum Gasteiger partial charge on any atom is -0.404 e. The predicted octanol–water partition coefficient (Wildman–Crippen LogP) is 5.21. The van der Waals surface area contributed by atoms with Gasteiger partial charge in [0.2, 0.25) is 0 Å². The van der Waals surface area contributed by atoms with Gasteiger partial charge in [-0.25, -0.2) is 4.99 Å². The molecule has 2 rings (SSSR count). The van der Waals surface area contributed by atoms with E-state index >= 15 is 0 Å². The van der Waals surface area contributed by atoms with Crippen LogP contribution in [-0.2, 0) is 0 Å². The molecular weight excluding hydrogens is 414 g/mol. The summed E-state index contributed by atoms with van der Waals surface area (Å²) in [5.74, 6) is 0. The lowest BCUT2D eigenvalue weighted by Gasteiger charge is -2.26. The molecule has 1 aliphatic rings. The molecule has 0 aliphatic carbocycles. The van der Waals surface area contributed by atoms with E-state index in [1.54, 1.807) is 6.21 Å². The normalized spacial score (nSPS) is 17.6. The van der Waals surface area contributed by atoms with Gasteiger partial charge < -0.3 is 10.6 Å². The van der Waals surface area contributed by atoms with Crippen LogP contribution < -0.4 is 5.73 Å². The molecule has 8 nitrogen and oxygen atoms in total. The summed E-state index contributed by atoms with van der Waals surface area (Å²) in [6, 6.07) is -0.0482. The van der Waals surface area contributed by atoms with Crippen LogP contribution in [0.3, 0.4) is 0 Å². The average Bonchev–Trinajstić information content (AvgIpc) is 3.25. The summed E-state index contributed by atoms with van der Waals surface area (Å²) in [5.41, 5.74) is 9.91. The second kappa shape index (κ2) is 11.7. The molecule has 180 valence electrons. The van der Waals surface area contributed by atoms with Crippen LogP contribution in [0, 0.1) is 10.3 Å². The van der Waals surface area contributed by atoms with E-state index in [-0.39, 0.29) is 5.41 Å². The smallest absolute Gasteiger partial charge is 0.116 e. The van der Waals surface area contributed by atoms with E-state index in [0.29, 0.717) is 23.9 Å². The summed E-state index contributed by atoms with van der Waals surface area (Å²) >= 11 is 0. The van der Waals surface area contributed by atoms with Crippen molar-refractivity contribution in [2.24, 2.45) is 26.3 Å². The number of aromatic nitrogens is 2. The molecule has 0 fully saturated rings. The Labute approximate surface area is 198 Å². The number of allylic oxidation sites excluding steroid dienone is 3. The van der Waals surface area contributed by atoms with Gasteiger partial charge in [0.1, 0.15) is 6.04 Å². The van der Waals surface area contributed by atoms with Crippen LogP contribution in [-0.4, -0.2) is 46.2 Å². The Bertz CT molecular complexity index is 956. The Morgan fingerprint density at radius 1 is 1.24 bits per heavy atom. The lowest BCUT2D eigenvalue weighted by atomic mass is 9.87. The first-order valence-electron chi connectivity index (χ1n) is 11.7. The fourth-order valence-corrected chi connectivity index (χ4v) is 3.65. The van der Waals surface area contributed by atoms with Crippen molar-refractivity contribution in [1.82, 2.24) is 14.7 Å². The van der Waals surface area contributed by atoms with Crippen molar-refractivity contribution in [2.45, 2.75) is 72.9 Å². The third-order valence-corrected chi connectivity index (χ3v) is 5.87. The van der Waals surface area contributed by atoms with Gasteiger partial charge in [0, 0.05) is 43.0 Å². The highest BCUT2D eigenvalue weighted by Crippen LogP contribution is 2.26. The van der Waals surface area contributed by atoms with Gasteiger partial charge in [-0.15, -0.1) is 0 Å². The first-order valence-corrected chi connectivity index (χ1v) is 11.7. The predicted molar refractivity (Wildman–Crippen MR) is 137 cm³/mol. The summed E-state index contributed by atoms with van der Waals surface area (Å²) in [7, 11) is 2.00. The molecule has 2 heterocycles. The molecule has 0 aromatic carbocycles. The van der Waals surface area contributed by atoms with E-state index in [9.17, 15) is 4.91 Å². The maximum absolute atomic E-state index is 11.2. The number of nitrogens with zero attached hydrogens (tertiary/aromatic N) is 6. The Balaban J connectivity index is 2.40. The quantitative estimate of drug-likeness (QED) is 0.388. The van der Waals surface area contributed by atoms with Crippen molar-refractivity contribution < 1.29 is 0 Å². The van der Waals surface area contributed by atoms with Crippen molar-refractivity contribution >= 4 is 11.9 Å². The highest BCUT2D eigenvalue weighted by molar-refractivity contribution is 6.13. The van der Waals surface area contributed by atoms with Gasteiger partial charge >= 0.3 is 0 Å². The summed E-state index contributed by atoms with van der Waals surface area (Å²) in [5, 5.41) is 7.85. The topological polar surface area (TPSA) is 101 Å². The second-order valence-electron chi connectivity index (χ2n) is 9.37. The minimum atomic E-state index is -0.412. The maximum atomic E-state index is 11.2. The van der Waals surface area contributed by atoms with Crippen LogP contribution in [0.5, 0.6) is 0 Å². The number of hydrogen-bond acceptors (Lipinski definition) is 7. The summed E-state index contributed by atoms with van der Waals surface area (Å²) in [4.78, 5) is 22.7. The van der Waals surface area contributed by atoms with Gasteiger partial charge in [-0.1, -0.05) is 52.8 Å². The molecule has 2 N–H and O–H groups in total. The van der Waals surface area contributed by atoms with Crippen molar-refractivity contribution in [3.8, 4) is 0 Å². The third kappa shape index (κ3) is 6.49. The van der Waals surface area contributed by atoms with Gasteiger partial charge in [0.15, 0.2) is 0 Å². The minimum absolute atomic E-state index is 0.254. The van der Waals surface area contributed by atoms with Crippen molar-refractivity contribution in [3.63, 3.8) is 0 Å². The number of nitrogens with two attached hydrogens (primary N) is 1. The summed E-state index contributed by atoms with van der Waals surface area (Å²) < 4.78 is 2.03. The van der Waals surface area contributed by atoms with Gasteiger partial charge in [0.25, 0.3) is 0 Å². The molecular formula is C25H39N7O. The highest BCUT2D eigenvalue weighted by Gasteiger charge is 2.25. The highest BCUT2D eigenvalue weighted by atomic mass is 16.3. The van der Waals surface area contributed by atoms with Crippen molar-refractivity contribution in [1.29, 1.82) is 0 Å². The van der Waals surface area contributed by atoms with E-state index in [2.05, 4.69) is 53.2 Å². The zero-order valence-electron chi connectivity index (χ0n) is 21.1. The summed E-state index contributed by atoms with van der Waals surface area (Å²) in [6.07, 6.45) is 14.1. The number of likely N-dealkylation sites (N-methyl/N-ethyl adjacent to an activating group) is 1. The second-order valence-corrected chi connectivity index (χ2v) is 9.37. The number of nitroso groups, excluding NO2 is 1. The largest absolute Gasteiger partial charge is 0.404 e. The molecule has 1 aromatic rings. The fraction of sp³-hybridized carbons (Fsp3) is 0.560. The molecule has 1 aromatic heterocycles. The van der Waals surface area contributed by atoms with Crippen LogP contribution in [0.15, 0.2) is 63.0 Å². The van der Waals surface area contributed by atoms with E-state index in [1.165, 1.54) is 6.20 Å². The van der Waals surface area contributed by atoms with Crippen LogP contribution >= 0.6 is 0 Å². The average molecular weight is 454 g/mol. The Hall–Kier alpha value is -3.03. The Morgan fingerprint density at radius 3 is 2.48 bits per heavy atom. The van der Waals surface area contributed by atoms with Gasteiger partial charge in [0.05, 0.1) is 35.9 Å². The van der Waals surface area contributed by atoms with Crippen LogP contribution in [0.1, 0.15) is 72.4 Å². The summed E-state index contributed by atoms with van der Waals surface area (Å²) in [6.45, 7) is 12.7. The third-order valence-electron chi connectivity index (χ3n) is 5.87. The van der Waals surface area contributed by atoms with E-state index < -0.39 is 6.04 Å². The fourth-order valence-electron chi connectivity index (χ4n) is 3.65. The zero-order valence-corrected chi connectivity index (χ0v) is 21.1. The molecule has 1 atom stereocenters. The molecule has 0 radical (unpaired) electrons. The molecule has 1 unspecified atom stereocenters. The molecule has 0 bridgehead atoms.